The van der Waals surface area contributed by atoms with Crippen LogP contribution < -0.4 is 4.74 Å². The van der Waals surface area contributed by atoms with Gasteiger partial charge in [-0.1, -0.05) is 12.1 Å². The van der Waals surface area contributed by atoms with Gasteiger partial charge < -0.3 is 19.6 Å². The van der Waals surface area contributed by atoms with Crippen molar-refractivity contribution in [2.75, 3.05) is 26.2 Å². The molecule has 1 aromatic carbocycles. The van der Waals surface area contributed by atoms with Crippen LogP contribution in [0.5, 0.6) is 5.75 Å². The number of alkyl halides is 3. The second-order valence-corrected chi connectivity index (χ2v) is 13.2. The van der Waals surface area contributed by atoms with Gasteiger partial charge in [-0.05, 0) is 79.4 Å². The van der Waals surface area contributed by atoms with Gasteiger partial charge in [0.05, 0.1) is 0 Å². The van der Waals surface area contributed by atoms with E-state index in [4.69, 9.17) is 0 Å². The Morgan fingerprint density at radius 2 is 1.82 bits per heavy atom. The Labute approximate surface area is 217 Å². The number of nitrogens with one attached hydrogen (secondary N) is 1. The highest BCUT2D eigenvalue weighted by atomic mass is 19.4. The van der Waals surface area contributed by atoms with Gasteiger partial charge in [0, 0.05) is 37.5 Å². The summed E-state index contributed by atoms with van der Waals surface area (Å²) in [6, 6.07) is 6.56. The first kappa shape index (κ1) is 23.1. The van der Waals surface area contributed by atoms with E-state index in [1.165, 1.54) is 12.1 Å². The molecule has 2 aromatic rings. The number of aromatic amines is 1. The molecule has 3 heterocycles. The average Bonchev–Trinajstić information content (AvgIpc) is 3.25. The van der Waals surface area contributed by atoms with Gasteiger partial charge >= 0.3 is 12.4 Å². The van der Waals surface area contributed by atoms with Gasteiger partial charge in [0.25, 0.3) is 0 Å². The molecule has 2 aliphatic heterocycles. The lowest BCUT2D eigenvalue weighted by molar-refractivity contribution is -0.274. The fourth-order valence-electron chi connectivity index (χ4n) is 8.19. The first-order valence-electron chi connectivity index (χ1n) is 13.5. The van der Waals surface area contributed by atoms with Crippen molar-refractivity contribution in [1.29, 1.82) is 0 Å². The van der Waals surface area contributed by atoms with E-state index in [-0.39, 0.29) is 28.0 Å². The van der Waals surface area contributed by atoms with Crippen molar-refractivity contribution in [3.05, 3.63) is 41.5 Å². The Hall–Kier alpha value is -2.82. The summed E-state index contributed by atoms with van der Waals surface area (Å²) in [4.78, 5) is 21.5. The van der Waals surface area contributed by atoms with Gasteiger partial charge in [-0.15, -0.1) is 13.2 Å². The highest BCUT2D eigenvalue weighted by Crippen LogP contribution is 2.77. The maximum absolute atomic E-state index is 13.0. The molecule has 9 rings (SSSR count). The summed E-state index contributed by atoms with van der Waals surface area (Å²) >= 11 is 0. The van der Waals surface area contributed by atoms with Crippen molar-refractivity contribution in [3.63, 3.8) is 0 Å². The molecular weight excluding hydrogens is 499 g/mol. The number of carbonyl (C=O) groups excluding carboxylic acids is 1. The number of halogens is 3. The van der Waals surface area contributed by atoms with Crippen molar-refractivity contribution >= 4 is 6.03 Å². The molecule has 38 heavy (non-hydrogen) atoms. The van der Waals surface area contributed by atoms with Crippen LogP contribution in [0, 0.1) is 16.7 Å². The molecule has 1 aromatic heterocycles. The number of carbonyl (C=O) groups is 1. The topological polar surface area (TPSA) is 94.6 Å². The number of nitrogens with zero attached hydrogens (tertiary/aromatic N) is 4. The number of H-pyrrole nitrogens is 1. The first-order chi connectivity index (χ1) is 18.0. The zero-order valence-electron chi connectivity index (χ0n) is 20.9. The third kappa shape index (κ3) is 3.29. The Morgan fingerprint density at radius 3 is 2.47 bits per heavy atom. The molecule has 0 radical (unpaired) electrons. The molecule has 2 N–H and O–H groups in total. The van der Waals surface area contributed by atoms with Crippen LogP contribution in [0.15, 0.2) is 24.3 Å². The summed E-state index contributed by atoms with van der Waals surface area (Å²) in [6.45, 7) is 3.14. The van der Waals surface area contributed by atoms with Crippen LogP contribution in [0.3, 0.4) is 0 Å². The Morgan fingerprint density at radius 1 is 1.11 bits per heavy atom. The molecule has 7 aliphatic rings. The summed E-state index contributed by atoms with van der Waals surface area (Å²) in [5.74, 6) is 2.03. The van der Waals surface area contributed by atoms with E-state index < -0.39 is 12.0 Å². The summed E-state index contributed by atoms with van der Waals surface area (Å²) in [7, 11) is 0. The number of aromatic nitrogens is 3. The summed E-state index contributed by atoms with van der Waals surface area (Å²) < 4.78 is 41.9. The lowest BCUT2D eigenvalue weighted by Crippen LogP contribution is -2.74. The third-order valence-electron chi connectivity index (χ3n) is 10.5. The van der Waals surface area contributed by atoms with Crippen LogP contribution in [0.25, 0.3) is 0 Å². The van der Waals surface area contributed by atoms with Crippen LogP contribution in [0.4, 0.5) is 18.0 Å². The van der Waals surface area contributed by atoms with Crippen molar-refractivity contribution < 1.29 is 27.8 Å². The molecular formula is C27H30F3N5O3. The number of ether oxygens (including phenoxy) is 1. The van der Waals surface area contributed by atoms with Gasteiger partial charge in [-0.3, -0.25) is 5.10 Å². The smallest absolute Gasteiger partial charge is 0.406 e. The zero-order valence-corrected chi connectivity index (χ0v) is 20.9. The molecule has 7 fully saturated rings. The quantitative estimate of drug-likeness (QED) is 0.610. The van der Waals surface area contributed by atoms with E-state index in [9.17, 15) is 23.1 Å². The second kappa shape index (κ2) is 7.03. The summed E-state index contributed by atoms with van der Waals surface area (Å²) in [5.41, 5.74) is 0.516. The SMILES string of the molecule is O=C(N1CC(C23CC(c4cccc(OC(F)(F)F)c4)(C2)C3)C1)N1CC2(CC(c3nc(C4(O)CC4)n[nH]3)C2)C1. The first-order valence-corrected chi connectivity index (χ1v) is 13.5. The molecule has 2 saturated heterocycles. The second-order valence-electron chi connectivity index (χ2n) is 13.2. The number of benzene rings is 1. The average molecular weight is 530 g/mol. The van der Waals surface area contributed by atoms with Crippen LogP contribution in [-0.4, -0.2) is 68.7 Å². The van der Waals surface area contributed by atoms with Gasteiger partial charge in [0.2, 0.25) is 0 Å². The number of amides is 2. The van der Waals surface area contributed by atoms with Gasteiger partial charge in [-0.25, -0.2) is 9.78 Å². The predicted octanol–water partition coefficient (Wildman–Crippen LogP) is 4.04. The van der Waals surface area contributed by atoms with E-state index in [0.29, 0.717) is 17.7 Å². The van der Waals surface area contributed by atoms with Crippen molar-refractivity contribution in [2.45, 2.75) is 68.2 Å². The lowest BCUT2D eigenvalue weighted by Gasteiger charge is -2.76. The van der Waals surface area contributed by atoms with Crippen LogP contribution in [0.1, 0.15) is 68.1 Å². The molecule has 8 nitrogen and oxygen atoms in total. The highest BCUT2D eigenvalue weighted by molar-refractivity contribution is 5.76. The minimum Gasteiger partial charge on any atom is -0.406 e. The maximum Gasteiger partial charge on any atom is 0.573 e. The molecule has 0 unspecified atom stereocenters. The number of likely N-dealkylation sites (tertiary alicyclic amines) is 2. The van der Waals surface area contributed by atoms with Crippen LogP contribution in [-0.2, 0) is 11.0 Å². The summed E-state index contributed by atoms with van der Waals surface area (Å²) in [6.07, 6.45) is 1.71. The van der Waals surface area contributed by atoms with E-state index in [1.54, 1.807) is 6.07 Å². The molecule has 2 amide bonds. The summed E-state index contributed by atoms with van der Waals surface area (Å²) in [5, 5.41) is 17.4. The Bertz CT molecular complexity index is 1300. The van der Waals surface area contributed by atoms with E-state index in [0.717, 1.165) is 82.5 Å². The molecule has 0 atom stereocenters. The van der Waals surface area contributed by atoms with E-state index in [1.807, 2.05) is 15.9 Å². The normalized spacial score (nSPS) is 32.5. The largest absolute Gasteiger partial charge is 0.573 e. The molecule has 11 heteroatoms. The van der Waals surface area contributed by atoms with E-state index in [2.05, 4.69) is 19.9 Å². The van der Waals surface area contributed by atoms with Gasteiger partial charge in [0.15, 0.2) is 5.82 Å². The minimum absolute atomic E-state index is 0.0271. The number of hydrogen-bond acceptors (Lipinski definition) is 5. The molecule has 2 bridgehead atoms. The third-order valence-corrected chi connectivity index (χ3v) is 10.5. The highest BCUT2D eigenvalue weighted by Gasteiger charge is 2.72. The molecule has 5 saturated carbocycles. The molecule has 202 valence electrons. The standard InChI is InChI=1S/C27H30F3N5O3/c28-27(29,30)38-19-3-1-2-17(6-19)24-11-25(12-24,13-24)18-9-34(10-18)22(36)35-14-23(15-35)7-16(8-23)20-31-21(33-32-20)26(37)4-5-26/h1-3,6,16,18,37H,4-5,7-15H2,(H,31,32,33). The van der Waals surface area contributed by atoms with Crippen molar-refractivity contribution in [1.82, 2.24) is 25.0 Å². The maximum atomic E-state index is 13.0. The molecule has 1 spiro atoms. The lowest BCUT2D eigenvalue weighted by atomic mass is 9.30. The van der Waals surface area contributed by atoms with Crippen LogP contribution in [0.2, 0.25) is 0 Å². The van der Waals surface area contributed by atoms with E-state index >= 15 is 0 Å². The van der Waals surface area contributed by atoms with Crippen molar-refractivity contribution in [2.24, 2.45) is 16.7 Å². The predicted molar refractivity (Wildman–Crippen MR) is 127 cm³/mol. The monoisotopic (exact) mass is 529 g/mol. The Balaban J connectivity index is 0.804. The number of rotatable bonds is 5. The molecule has 5 aliphatic carbocycles. The number of hydrogen-bond donors (Lipinski definition) is 2. The Kier molecular flexibility index (Phi) is 4.27. The zero-order chi connectivity index (χ0) is 26.1. The number of urea groups is 1. The van der Waals surface area contributed by atoms with Crippen LogP contribution >= 0.6 is 0 Å². The fourth-order valence-corrected chi connectivity index (χ4v) is 8.19. The van der Waals surface area contributed by atoms with Gasteiger partial charge in [0.1, 0.15) is 17.2 Å². The van der Waals surface area contributed by atoms with Gasteiger partial charge in [-0.2, -0.15) is 5.10 Å². The van der Waals surface area contributed by atoms with Crippen molar-refractivity contribution in [3.8, 4) is 5.75 Å². The number of aliphatic hydroxyl groups is 1. The minimum atomic E-state index is -4.68. The fraction of sp³-hybridized carbons (Fsp3) is 0.667.